The van der Waals surface area contributed by atoms with Gasteiger partial charge in [0.1, 0.15) is 5.75 Å². The molecule has 0 bridgehead atoms. The molecule has 0 aliphatic rings. The van der Waals surface area contributed by atoms with E-state index in [1.165, 1.54) is 0 Å². The average Bonchev–Trinajstić information content (AvgIpc) is 2.38. The van der Waals surface area contributed by atoms with Crippen LogP contribution in [0, 0.1) is 0 Å². The number of hydrogen-bond donors (Lipinski definition) is 2. The summed E-state index contributed by atoms with van der Waals surface area (Å²) in [6.07, 6.45) is 0. The fourth-order valence-electron chi connectivity index (χ4n) is 1.78. The van der Waals surface area contributed by atoms with Gasteiger partial charge in [0.15, 0.2) is 0 Å². The molecule has 2 aromatic rings. The van der Waals surface area contributed by atoms with Crippen LogP contribution in [0.25, 0.3) is 11.1 Å². The molecule has 1 atom stereocenters. The van der Waals surface area contributed by atoms with Crippen LogP contribution in [-0.2, 0) is 4.79 Å². The van der Waals surface area contributed by atoms with Gasteiger partial charge in [-0.3, -0.25) is 4.79 Å². The lowest BCUT2D eigenvalue weighted by Crippen LogP contribution is -2.07. The molecule has 0 fully saturated rings. The van der Waals surface area contributed by atoms with Crippen molar-refractivity contribution in [2.24, 2.45) is 0 Å². The number of phenolic OH excluding ortho intramolecular Hbond substituents is 1. The number of aromatic hydroxyl groups is 1. The molecule has 0 aliphatic carbocycles. The molecule has 0 aliphatic heterocycles. The Kier molecular flexibility index (Phi) is 3.33. The van der Waals surface area contributed by atoms with Crippen LogP contribution in [0.4, 0.5) is 0 Å². The zero-order valence-electron chi connectivity index (χ0n) is 10.00. The molecule has 2 rings (SSSR count). The first kappa shape index (κ1) is 12.2. The van der Waals surface area contributed by atoms with Crippen LogP contribution in [0.2, 0.25) is 0 Å². The fraction of sp³-hybridized carbons (Fsp3) is 0.133. The van der Waals surface area contributed by atoms with Crippen molar-refractivity contribution in [3.8, 4) is 16.9 Å². The first-order valence-electron chi connectivity index (χ1n) is 5.70. The van der Waals surface area contributed by atoms with Crippen LogP contribution >= 0.6 is 0 Å². The van der Waals surface area contributed by atoms with Gasteiger partial charge >= 0.3 is 5.97 Å². The van der Waals surface area contributed by atoms with Gasteiger partial charge in [0.2, 0.25) is 0 Å². The average molecular weight is 242 g/mol. The molecule has 0 saturated heterocycles. The minimum absolute atomic E-state index is 0.216. The maximum Gasteiger partial charge on any atom is 0.310 e. The number of phenols is 1. The van der Waals surface area contributed by atoms with Crippen LogP contribution in [0.3, 0.4) is 0 Å². The van der Waals surface area contributed by atoms with Crippen LogP contribution < -0.4 is 0 Å². The van der Waals surface area contributed by atoms with E-state index >= 15 is 0 Å². The van der Waals surface area contributed by atoms with E-state index in [2.05, 4.69) is 0 Å². The van der Waals surface area contributed by atoms with Crippen molar-refractivity contribution in [1.29, 1.82) is 0 Å². The normalized spacial score (nSPS) is 12.1. The van der Waals surface area contributed by atoms with Crippen LogP contribution in [0.5, 0.6) is 5.75 Å². The number of carboxylic acid groups (broad SMARTS) is 1. The Hall–Kier alpha value is -2.29. The largest absolute Gasteiger partial charge is 0.508 e. The molecule has 2 aromatic carbocycles. The van der Waals surface area contributed by atoms with Gasteiger partial charge in [-0.05, 0) is 35.7 Å². The molecule has 0 aromatic heterocycles. The predicted molar refractivity (Wildman–Crippen MR) is 69.6 cm³/mol. The molecule has 92 valence electrons. The van der Waals surface area contributed by atoms with Crippen molar-refractivity contribution in [3.63, 3.8) is 0 Å². The highest BCUT2D eigenvalue weighted by atomic mass is 16.4. The summed E-state index contributed by atoms with van der Waals surface area (Å²) < 4.78 is 0. The number of hydrogen-bond acceptors (Lipinski definition) is 2. The first-order chi connectivity index (χ1) is 8.58. The van der Waals surface area contributed by atoms with Crippen molar-refractivity contribution in [1.82, 2.24) is 0 Å². The molecule has 1 unspecified atom stereocenters. The summed E-state index contributed by atoms with van der Waals surface area (Å²) in [6.45, 7) is 1.66. The SMILES string of the molecule is CC(C(=O)O)c1cccc(-c2ccc(O)cc2)c1. The van der Waals surface area contributed by atoms with E-state index in [-0.39, 0.29) is 5.75 Å². The molecule has 2 N–H and O–H groups in total. The maximum atomic E-state index is 11.0. The first-order valence-corrected chi connectivity index (χ1v) is 5.70. The molecule has 0 radical (unpaired) electrons. The summed E-state index contributed by atoms with van der Waals surface area (Å²) in [5, 5.41) is 18.2. The Morgan fingerprint density at radius 3 is 2.33 bits per heavy atom. The number of carbonyl (C=O) groups is 1. The summed E-state index contributed by atoms with van der Waals surface area (Å²) in [5.74, 6) is -1.14. The van der Waals surface area contributed by atoms with Gasteiger partial charge in [0.05, 0.1) is 5.92 Å². The molecule has 0 saturated carbocycles. The quantitative estimate of drug-likeness (QED) is 0.868. The van der Waals surface area contributed by atoms with Crippen LogP contribution in [0.15, 0.2) is 48.5 Å². The van der Waals surface area contributed by atoms with Gasteiger partial charge in [0, 0.05) is 0 Å². The van der Waals surface area contributed by atoms with Crippen molar-refractivity contribution >= 4 is 5.97 Å². The van der Waals surface area contributed by atoms with E-state index in [1.54, 1.807) is 31.2 Å². The molecule has 0 spiro atoms. The van der Waals surface area contributed by atoms with E-state index in [4.69, 9.17) is 5.11 Å². The topological polar surface area (TPSA) is 57.5 Å². The van der Waals surface area contributed by atoms with E-state index in [1.807, 2.05) is 24.3 Å². The Labute approximate surface area is 105 Å². The van der Waals surface area contributed by atoms with Gasteiger partial charge in [-0.1, -0.05) is 36.4 Å². The summed E-state index contributed by atoms with van der Waals surface area (Å²) in [6, 6.07) is 14.3. The van der Waals surface area contributed by atoms with E-state index in [0.29, 0.717) is 0 Å². The Morgan fingerprint density at radius 1 is 1.06 bits per heavy atom. The molecule has 0 amide bonds. The summed E-state index contributed by atoms with van der Waals surface area (Å²) >= 11 is 0. The van der Waals surface area contributed by atoms with Crippen molar-refractivity contribution in [2.75, 3.05) is 0 Å². The predicted octanol–water partition coefficient (Wildman–Crippen LogP) is 3.25. The summed E-state index contributed by atoms with van der Waals surface area (Å²) in [4.78, 5) is 11.0. The Bertz CT molecular complexity index is 558. The van der Waals surface area contributed by atoms with E-state index in [9.17, 15) is 9.90 Å². The summed E-state index contributed by atoms with van der Waals surface area (Å²) in [5.41, 5.74) is 2.67. The van der Waals surface area contributed by atoms with Gasteiger partial charge < -0.3 is 10.2 Å². The minimum Gasteiger partial charge on any atom is -0.508 e. The molecule has 18 heavy (non-hydrogen) atoms. The van der Waals surface area contributed by atoms with Crippen molar-refractivity contribution < 1.29 is 15.0 Å². The third kappa shape index (κ3) is 2.51. The van der Waals surface area contributed by atoms with Crippen molar-refractivity contribution in [3.05, 3.63) is 54.1 Å². The lowest BCUT2D eigenvalue weighted by Gasteiger charge is -2.09. The van der Waals surface area contributed by atoms with Gasteiger partial charge in [-0.15, -0.1) is 0 Å². The zero-order valence-corrected chi connectivity index (χ0v) is 10.00. The minimum atomic E-state index is -0.835. The molecule has 3 heteroatoms. The number of carboxylic acids is 1. The maximum absolute atomic E-state index is 11.0. The van der Waals surface area contributed by atoms with Crippen LogP contribution in [-0.4, -0.2) is 16.2 Å². The van der Waals surface area contributed by atoms with E-state index < -0.39 is 11.9 Å². The highest BCUT2D eigenvalue weighted by Gasteiger charge is 2.13. The lowest BCUT2D eigenvalue weighted by molar-refractivity contribution is -0.138. The van der Waals surface area contributed by atoms with Gasteiger partial charge in [0.25, 0.3) is 0 Å². The highest BCUT2D eigenvalue weighted by Crippen LogP contribution is 2.25. The standard InChI is InChI=1S/C15H14O3/c1-10(15(17)18)12-3-2-4-13(9-12)11-5-7-14(16)8-6-11/h2-10,16H,1H3,(H,17,18). The third-order valence-electron chi connectivity index (χ3n) is 2.96. The molecular formula is C15H14O3. The molecule has 3 nitrogen and oxygen atoms in total. The summed E-state index contributed by atoms with van der Waals surface area (Å²) in [7, 11) is 0. The van der Waals surface area contributed by atoms with Gasteiger partial charge in [-0.25, -0.2) is 0 Å². The zero-order chi connectivity index (χ0) is 13.1. The lowest BCUT2D eigenvalue weighted by atomic mass is 9.96. The van der Waals surface area contributed by atoms with Crippen molar-refractivity contribution in [2.45, 2.75) is 12.8 Å². The fourth-order valence-corrected chi connectivity index (χ4v) is 1.78. The smallest absolute Gasteiger partial charge is 0.310 e. The van der Waals surface area contributed by atoms with Gasteiger partial charge in [-0.2, -0.15) is 0 Å². The third-order valence-corrected chi connectivity index (χ3v) is 2.96. The highest BCUT2D eigenvalue weighted by molar-refractivity contribution is 5.76. The Morgan fingerprint density at radius 2 is 1.72 bits per heavy atom. The number of benzene rings is 2. The number of rotatable bonds is 3. The monoisotopic (exact) mass is 242 g/mol. The molecule has 0 heterocycles. The second kappa shape index (κ2) is 4.92. The Balaban J connectivity index is 2.38. The molecular weight excluding hydrogens is 228 g/mol. The van der Waals surface area contributed by atoms with Crippen LogP contribution in [0.1, 0.15) is 18.4 Å². The van der Waals surface area contributed by atoms with E-state index in [0.717, 1.165) is 16.7 Å². The second-order valence-corrected chi connectivity index (χ2v) is 4.23. The number of aliphatic carboxylic acids is 1. The second-order valence-electron chi connectivity index (χ2n) is 4.23.